The van der Waals surface area contributed by atoms with E-state index in [4.69, 9.17) is 11.6 Å². The lowest BCUT2D eigenvalue weighted by Crippen LogP contribution is -2.51. The van der Waals surface area contributed by atoms with Gasteiger partial charge in [-0.3, -0.25) is 9.89 Å². The van der Waals surface area contributed by atoms with Crippen molar-refractivity contribution in [3.63, 3.8) is 0 Å². The highest BCUT2D eigenvalue weighted by Crippen LogP contribution is 2.26. The van der Waals surface area contributed by atoms with Crippen molar-refractivity contribution in [3.05, 3.63) is 41.0 Å². The molecule has 1 unspecified atom stereocenters. The number of aromatic amines is 1. The second-order valence-electron chi connectivity index (χ2n) is 5.25. The molecule has 5 nitrogen and oxygen atoms in total. The molecular formula is C15H18Cl2N4O. The average molecular weight is 341 g/mol. The van der Waals surface area contributed by atoms with Gasteiger partial charge < -0.3 is 10.2 Å². The molecule has 0 saturated carbocycles. The number of carbonyl (C=O) groups excluding carboxylic acids is 1. The number of hydrogen-bond acceptors (Lipinski definition) is 3. The van der Waals surface area contributed by atoms with Crippen molar-refractivity contribution in [2.45, 2.75) is 13.0 Å². The monoisotopic (exact) mass is 340 g/mol. The molecule has 1 aliphatic heterocycles. The van der Waals surface area contributed by atoms with E-state index in [-0.39, 0.29) is 18.3 Å². The maximum Gasteiger partial charge on any atom is 0.271 e. The van der Waals surface area contributed by atoms with E-state index in [1.165, 1.54) is 0 Å². The Morgan fingerprint density at radius 3 is 2.91 bits per heavy atom. The number of halogens is 2. The van der Waals surface area contributed by atoms with Gasteiger partial charge in [0.05, 0.1) is 10.7 Å². The molecule has 22 heavy (non-hydrogen) atoms. The summed E-state index contributed by atoms with van der Waals surface area (Å²) < 4.78 is 0. The van der Waals surface area contributed by atoms with Gasteiger partial charge in [0, 0.05) is 31.2 Å². The number of amides is 1. The molecule has 3 rings (SSSR count). The van der Waals surface area contributed by atoms with E-state index in [2.05, 4.69) is 22.4 Å². The standard InChI is InChI=1S/C15H17ClN4O.ClH/c1-10-9-20(7-6-17-10)15(21)14-8-13(18-19-14)11-4-2-3-5-12(11)16;/h2-5,8,10,17H,6-7,9H2,1H3,(H,18,19);1H. The van der Waals surface area contributed by atoms with Crippen LogP contribution < -0.4 is 5.32 Å². The summed E-state index contributed by atoms with van der Waals surface area (Å²) in [5.41, 5.74) is 2.01. The highest BCUT2D eigenvalue weighted by Gasteiger charge is 2.23. The fourth-order valence-electron chi connectivity index (χ4n) is 2.53. The van der Waals surface area contributed by atoms with Crippen LogP contribution in [0.5, 0.6) is 0 Å². The maximum atomic E-state index is 12.5. The zero-order valence-electron chi connectivity index (χ0n) is 12.2. The summed E-state index contributed by atoms with van der Waals surface area (Å²) in [6.45, 7) is 4.31. The summed E-state index contributed by atoms with van der Waals surface area (Å²) in [5.74, 6) is -0.0193. The normalized spacial score (nSPS) is 17.9. The largest absolute Gasteiger partial charge is 0.335 e. The summed E-state index contributed by atoms with van der Waals surface area (Å²) in [6.07, 6.45) is 0. The Hall–Kier alpha value is -1.56. The van der Waals surface area contributed by atoms with Crippen molar-refractivity contribution in [3.8, 4) is 11.3 Å². The number of rotatable bonds is 2. The van der Waals surface area contributed by atoms with Crippen molar-refractivity contribution in [2.24, 2.45) is 0 Å². The number of benzene rings is 1. The molecule has 0 aliphatic carbocycles. The van der Waals surface area contributed by atoms with Gasteiger partial charge in [-0.1, -0.05) is 29.8 Å². The Morgan fingerprint density at radius 2 is 2.18 bits per heavy atom. The molecular weight excluding hydrogens is 323 g/mol. The molecule has 0 bridgehead atoms. The van der Waals surface area contributed by atoms with Crippen LogP contribution in [0.3, 0.4) is 0 Å². The van der Waals surface area contributed by atoms with Crippen LogP contribution in [-0.2, 0) is 0 Å². The SMILES string of the molecule is CC1CN(C(=O)c2cc(-c3ccccc3Cl)n[nH]2)CCN1.Cl. The molecule has 0 spiro atoms. The molecule has 1 atom stereocenters. The molecule has 2 aromatic rings. The van der Waals surface area contributed by atoms with Crippen LogP contribution in [0.15, 0.2) is 30.3 Å². The Balaban J connectivity index is 0.00000176. The van der Waals surface area contributed by atoms with E-state index >= 15 is 0 Å². The second kappa shape index (κ2) is 7.13. The van der Waals surface area contributed by atoms with Crippen molar-refractivity contribution in [1.82, 2.24) is 20.4 Å². The number of carbonyl (C=O) groups is 1. The third-order valence-corrected chi connectivity index (χ3v) is 3.94. The maximum absolute atomic E-state index is 12.5. The number of hydrogen-bond donors (Lipinski definition) is 2. The van der Waals surface area contributed by atoms with Gasteiger partial charge in [0.25, 0.3) is 5.91 Å². The molecule has 2 heterocycles. The van der Waals surface area contributed by atoms with Crippen molar-refractivity contribution in [1.29, 1.82) is 0 Å². The van der Waals surface area contributed by atoms with Crippen LogP contribution in [0.25, 0.3) is 11.3 Å². The van der Waals surface area contributed by atoms with Gasteiger partial charge in [-0.05, 0) is 19.1 Å². The Morgan fingerprint density at radius 1 is 1.41 bits per heavy atom. The number of aromatic nitrogens is 2. The Kier molecular flexibility index (Phi) is 5.45. The van der Waals surface area contributed by atoms with Crippen LogP contribution in [0, 0.1) is 0 Å². The molecule has 1 aliphatic rings. The lowest BCUT2D eigenvalue weighted by molar-refractivity contribution is 0.0703. The topological polar surface area (TPSA) is 61.0 Å². The first kappa shape index (κ1) is 16.8. The number of nitrogens with zero attached hydrogens (tertiary/aromatic N) is 2. The van der Waals surface area contributed by atoms with Crippen LogP contribution >= 0.6 is 24.0 Å². The Bertz CT molecular complexity index is 658. The first-order valence-corrected chi connectivity index (χ1v) is 7.36. The lowest BCUT2D eigenvalue weighted by atomic mass is 10.1. The van der Waals surface area contributed by atoms with Crippen LogP contribution in [0.2, 0.25) is 5.02 Å². The zero-order chi connectivity index (χ0) is 14.8. The van der Waals surface area contributed by atoms with Gasteiger partial charge in [0.15, 0.2) is 0 Å². The first-order chi connectivity index (χ1) is 10.1. The van der Waals surface area contributed by atoms with Gasteiger partial charge in [0.2, 0.25) is 0 Å². The van der Waals surface area contributed by atoms with Crippen LogP contribution in [0.1, 0.15) is 17.4 Å². The fourth-order valence-corrected chi connectivity index (χ4v) is 2.76. The van der Waals surface area contributed by atoms with Gasteiger partial charge in [0.1, 0.15) is 5.69 Å². The summed E-state index contributed by atoms with van der Waals surface area (Å²) in [6, 6.07) is 9.54. The quantitative estimate of drug-likeness (QED) is 0.883. The van der Waals surface area contributed by atoms with E-state index in [0.717, 1.165) is 12.1 Å². The highest BCUT2D eigenvalue weighted by molar-refractivity contribution is 6.33. The molecule has 1 saturated heterocycles. The molecule has 0 radical (unpaired) electrons. The minimum Gasteiger partial charge on any atom is -0.335 e. The zero-order valence-corrected chi connectivity index (χ0v) is 13.7. The number of H-pyrrole nitrogens is 1. The highest BCUT2D eigenvalue weighted by atomic mass is 35.5. The van der Waals surface area contributed by atoms with E-state index in [0.29, 0.717) is 35.5 Å². The van der Waals surface area contributed by atoms with E-state index < -0.39 is 0 Å². The van der Waals surface area contributed by atoms with Gasteiger partial charge in [-0.25, -0.2) is 0 Å². The van der Waals surface area contributed by atoms with E-state index in [1.54, 1.807) is 6.07 Å². The molecule has 1 fully saturated rings. The van der Waals surface area contributed by atoms with Crippen molar-refractivity contribution < 1.29 is 4.79 Å². The molecule has 2 N–H and O–H groups in total. The summed E-state index contributed by atoms with van der Waals surface area (Å²) in [4.78, 5) is 14.3. The van der Waals surface area contributed by atoms with Crippen molar-refractivity contribution in [2.75, 3.05) is 19.6 Å². The number of nitrogens with one attached hydrogen (secondary N) is 2. The smallest absolute Gasteiger partial charge is 0.271 e. The van der Waals surface area contributed by atoms with Gasteiger partial charge in [-0.2, -0.15) is 5.10 Å². The predicted octanol–water partition coefficient (Wildman–Crippen LogP) is 2.59. The van der Waals surface area contributed by atoms with E-state index in [1.807, 2.05) is 29.2 Å². The summed E-state index contributed by atoms with van der Waals surface area (Å²) in [7, 11) is 0. The molecule has 1 amide bonds. The summed E-state index contributed by atoms with van der Waals surface area (Å²) in [5, 5.41) is 11.0. The van der Waals surface area contributed by atoms with Crippen LogP contribution in [-0.4, -0.2) is 46.7 Å². The van der Waals surface area contributed by atoms with Crippen molar-refractivity contribution >= 4 is 29.9 Å². The third-order valence-electron chi connectivity index (χ3n) is 3.61. The number of piperazine rings is 1. The minimum absolute atomic E-state index is 0. The second-order valence-corrected chi connectivity index (χ2v) is 5.66. The lowest BCUT2D eigenvalue weighted by Gasteiger charge is -2.31. The summed E-state index contributed by atoms with van der Waals surface area (Å²) >= 11 is 6.16. The Labute approximate surface area is 140 Å². The van der Waals surface area contributed by atoms with E-state index in [9.17, 15) is 4.79 Å². The third kappa shape index (κ3) is 3.43. The molecule has 118 valence electrons. The average Bonchev–Trinajstić information content (AvgIpc) is 2.96. The molecule has 1 aromatic carbocycles. The predicted molar refractivity (Wildman–Crippen MR) is 89.6 cm³/mol. The minimum atomic E-state index is -0.0193. The van der Waals surface area contributed by atoms with Crippen LogP contribution in [0.4, 0.5) is 0 Å². The first-order valence-electron chi connectivity index (χ1n) is 6.98. The van der Waals surface area contributed by atoms with Gasteiger partial charge in [-0.15, -0.1) is 12.4 Å². The fraction of sp³-hybridized carbons (Fsp3) is 0.333. The molecule has 1 aromatic heterocycles. The van der Waals surface area contributed by atoms with Gasteiger partial charge >= 0.3 is 0 Å². The molecule has 7 heteroatoms.